The number of unbranched alkanes of at least 4 members (excludes halogenated alkanes) is 1. The normalized spacial score (nSPS) is 17.3. The Morgan fingerprint density at radius 2 is 2.00 bits per heavy atom. The van der Waals surface area contributed by atoms with Gasteiger partial charge in [-0.15, -0.1) is 0 Å². The van der Waals surface area contributed by atoms with E-state index in [9.17, 15) is 9.59 Å². The fraction of sp³-hybridized carbons (Fsp3) is 0.833. The molecule has 6 nitrogen and oxygen atoms in total. The summed E-state index contributed by atoms with van der Waals surface area (Å²) in [5.74, 6) is -0.122. The molecule has 0 aromatic carbocycles. The van der Waals surface area contributed by atoms with Crippen LogP contribution in [0, 0.1) is 0 Å². The van der Waals surface area contributed by atoms with E-state index in [1.54, 1.807) is 11.8 Å². The van der Waals surface area contributed by atoms with Crippen LogP contribution in [0.25, 0.3) is 0 Å². The zero-order valence-corrected chi connectivity index (χ0v) is 11.0. The van der Waals surface area contributed by atoms with Crippen LogP contribution in [0.2, 0.25) is 0 Å². The Morgan fingerprint density at radius 3 is 2.61 bits per heavy atom. The van der Waals surface area contributed by atoms with Crippen LogP contribution in [0.3, 0.4) is 0 Å². The first-order valence-electron chi connectivity index (χ1n) is 6.51. The average molecular weight is 257 g/mol. The molecule has 0 bridgehead atoms. The van der Waals surface area contributed by atoms with Gasteiger partial charge in [-0.25, -0.2) is 0 Å². The van der Waals surface area contributed by atoms with E-state index in [4.69, 9.17) is 10.5 Å². The number of nitrogens with zero attached hydrogens (tertiary/aromatic N) is 1. The van der Waals surface area contributed by atoms with E-state index in [0.29, 0.717) is 39.3 Å². The summed E-state index contributed by atoms with van der Waals surface area (Å²) < 4.78 is 5.18. The van der Waals surface area contributed by atoms with Crippen molar-refractivity contribution in [3.63, 3.8) is 0 Å². The fourth-order valence-corrected chi connectivity index (χ4v) is 1.86. The average Bonchev–Trinajstić information content (AvgIpc) is 2.39. The molecule has 1 atom stereocenters. The number of rotatable bonds is 6. The van der Waals surface area contributed by atoms with Crippen LogP contribution in [-0.4, -0.2) is 55.6 Å². The predicted molar refractivity (Wildman–Crippen MR) is 67.9 cm³/mol. The highest BCUT2D eigenvalue weighted by molar-refractivity contribution is 5.87. The number of morpholine rings is 1. The van der Waals surface area contributed by atoms with Crippen LogP contribution in [-0.2, 0) is 14.3 Å². The maximum absolute atomic E-state index is 12.0. The highest BCUT2D eigenvalue weighted by Gasteiger charge is 2.23. The molecular weight excluding hydrogens is 234 g/mol. The molecule has 0 radical (unpaired) electrons. The van der Waals surface area contributed by atoms with Crippen LogP contribution in [0.15, 0.2) is 0 Å². The van der Waals surface area contributed by atoms with Crippen molar-refractivity contribution in [2.24, 2.45) is 5.73 Å². The summed E-state index contributed by atoms with van der Waals surface area (Å²) in [6.45, 7) is 4.67. The Hall–Kier alpha value is -1.14. The molecule has 1 rings (SSSR count). The van der Waals surface area contributed by atoms with Gasteiger partial charge in [0.25, 0.3) is 0 Å². The van der Waals surface area contributed by atoms with Crippen molar-refractivity contribution in [2.45, 2.75) is 32.2 Å². The van der Waals surface area contributed by atoms with Crippen molar-refractivity contribution >= 4 is 11.8 Å². The van der Waals surface area contributed by atoms with Gasteiger partial charge in [0.1, 0.15) is 6.04 Å². The Bertz CT molecular complexity index is 278. The highest BCUT2D eigenvalue weighted by Crippen LogP contribution is 2.01. The van der Waals surface area contributed by atoms with Crippen molar-refractivity contribution in [3.05, 3.63) is 0 Å². The number of nitrogens with one attached hydrogen (secondary N) is 1. The molecule has 1 aliphatic heterocycles. The molecule has 1 fully saturated rings. The molecule has 2 amide bonds. The van der Waals surface area contributed by atoms with Crippen LogP contribution < -0.4 is 11.1 Å². The summed E-state index contributed by atoms with van der Waals surface area (Å²) in [4.78, 5) is 25.3. The van der Waals surface area contributed by atoms with Gasteiger partial charge in [0, 0.05) is 19.5 Å². The largest absolute Gasteiger partial charge is 0.378 e. The lowest BCUT2D eigenvalue weighted by molar-refractivity contribution is -0.139. The lowest BCUT2D eigenvalue weighted by Gasteiger charge is -2.29. The quantitative estimate of drug-likeness (QED) is 0.627. The van der Waals surface area contributed by atoms with E-state index < -0.39 is 6.04 Å². The minimum atomic E-state index is -0.464. The van der Waals surface area contributed by atoms with Crippen LogP contribution in [0.5, 0.6) is 0 Å². The molecule has 1 aliphatic rings. The summed E-state index contributed by atoms with van der Waals surface area (Å²) >= 11 is 0. The first-order valence-corrected chi connectivity index (χ1v) is 6.51. The third-order valence-corrected chi connectivity index (χ3v) is 2.93. The zero-order valence-electron chi connectivity index (χ0n) is 11.0. The van der Waals surface area contributed by atoms with Gasteiger partial charge >= 0.3 is 0 Å². The topological polar surface area (TPSA) is 84.7 Å². The lowest BCUT2D eigenvalue weighted by atomic mass is 10.2. The van der Waals surface area contributed by atoms with Crippen molar-refractivity contribution in [2.75, 3.05) is 32.8 Å². The molecule has 1 heterocycles. The summed E-state index contributed by atoms with van der Waals surface area (Å²) in [6.07, 6.45) is 2.03. The maximum atomic E-state index is 12.0. The zero-order chi connectivity index (χ0) is 13.4. The second kappa shape index (κ2) is 8.05. The second-order valence-electron chi connectivity index (χ2n) is 4.47. The van der Waals surface area contributed by atoms with Crippen LogP contribution >= 0.6 is 0 Å². The van der Waals surface area contributed by atoms with Gasteiger partial charge in [-0.1, -0.05) is 0 Å². The standard InChI is InChI=1S/C12H23N3O3/c1-10(14-11(16)4-2-3-5-13)12(17)15-6-8-18-9-7-15/h10H,2-9,13H2,1H3,(H,14,16). The SMILES string of the molecule is CC(NC(=O)CCCCN)C(=O)N1CCOCC1. The molecule has 1 unspecified atom stereocenters. The van der Waals surface area contributed by atoms with Crippen molar-refractivity contribution < 1.29 is 14.3 Å². The Morgan fingerprint density at radius 1 is 1.33 bits per heavy atom. The Labute approximate surface area is 108 Å². The number of ether oxygens (including phenoxy) is 1. The third kappa shape index (κ3) is 5.01. The summed E-state index contributed by atoms with van der Waals surface area (Å²) in [7, 11) is 0. The van der Waals surface area contributed by atoms with Crippen LogP contribution in [0.1, 0.15) is 26.2 Å². The highest BCUT2D eigenvalue weighted by atomic mass is 16.5. The molecule has 0 aromatic rings. The van der Waals surface area contributed by atoms with Gasteiger partial charge in [-0.2, -0.15) is 0 Å². The maximum Gasteiger partial charge on any atom is 0.245 e. The minimum Gasteiger partial charge on any atom is -0.378 e. The van der Waals surface area contributed by atoms with Crippen molar-refractivity contribution in [1.29, 1.82) is 0 Å². The number of amides is 2. The van der Waals surface area contributed by atoms with Crippen LogP contribution in [0.4, 0.5) is 0 Å². The molecule has 104 valence electrons. The van der Waals surface area contributed by atoms with E-state index in [2.05, 4.69) is 5.32 Å². The molecule has 18 heavy (non-hydrogen) atoms. The second-order valence-corrected chi connectivity index (χ2v) is 4.47. The smallest absolute Gasteiger partial charge is 0.245 e. The number of carbonyl (C=O) groups is 2. The van der Waals surface area contributed by atoms with Gasteiger partial charge in [0.2, 0.25) is 11.8 Å². The van der Waals surface area contributed by atoms with Gasteiger partial charge in [-0.3, -0.25) is 9.59 Å². The third-order valence-electron chi connectivity index (χ3n) is 2.93. The summed E-state index contributed by atoms with van der Waals surface area (Å²) in [6, 6.07) is -0.464. The van der Waals surface area contributed by atoms with E-state index in [0.717, 1.165) is 12.8 Å². The Balaban J connectivity index is 2.27. The van der Waals surface area contributed by atoms with Crippen molar-refractivity contribution in [3.8, 4) is 0 Å². The lowest BCUT2D eigenvalue weighted by Crippen LogP contribution is -2.50. The molecule has 3 N–H and O–H groups in total. The molecule has 6 heteroatoms. The molecule has 0 aromatic heterocycles. The van der Waals surface area contributed by atoms with Gasteiger partial charge in [0.15, 0.2) is 0 Å². The first kappa shape index (κ1) is 14.9. The molecule has 0 spiro atoms. The molecular formula is C12H23N3O3. The number of nitrogens with two attached hydrogens (primary N) is 1. The van der Waals surface area contributed by atoms with Gasteiger partial charge in [0.05, 0.1) is 13.2 Å². The fourth-order valence-electron chi connectivity index (χ4n) is 1.86. The van der Waals surface area contributed by atoms with E-state index in [1.807, 2.05) is 0 Å². The van der Waals surface area contributed by atoms with E-state index in [-0.39, 0.29) is 11.8 Å². The van der Waals surface area contributed by atoms with Crippen molar-refractivity contribution in [1.82, 2.24) is 10.2 Å². The molecule has 0 saturated carbocycles. The molecule has 0 aliphatic carbocycles. The molecule has 1 saturated heterocycles. The monoisotopic (exact) mass is 257 g/mol. The Kier molecular flexibility index (Phi) is 6.67. The summed E-state index contributed by atoms with van der Waals surface area (Å²) in [5, 5.41) is 2.72. The van der Waals surface area contributed by atoms with Gasteiger partial charge < -0.3 is 20.7 Å². The van der Waals surface area contributed by atoms with E-state index >= 15 is 0 Å². The number of hydrogen-bond acceptors (Lipinski definition) is 4. The summed E-state index contributed by atoms with van der Waals surface area (Å²) in [5.41, 5.74) is 5.36. The predicted octanol–water partition coefficient (Wildman–Crippen LogP) is -0.521. The number of carbonyl (C=O) groups excluding carboxylic acids is 2. The minimum absolute atomic E-state index is 0.0366. The first-order chi connectivity index (χ1) is 8.65. The van der Waals surface area contributed by atoms with E-state index in [1.165, 1.54) is 0 Å². The van der Waals surface area contributed by atoms with Gasteiger partial charge in [-0.05, 0) is 26.3 Å². The number of hydrogen-bond donors (Lipinski definition) is 2.